The molecule has 1 saturated heterocycles. The van der Waals surface area contributed by atoms with Gasteiger partial charge in [0.25, 0.3) is 5.91 Å². The van der Waals surface area contributed by atoms with E-state index in [1.165, 1.54) is 11.3 Å². The van der Waals surface area contributed by atoms with Crippen LogP contribution in [0.15, 0.2) is 35.7 Å². The van der Waals surface area contributed by atoms with E-state index in [-0.39, 0.29) is 5.91 Å². The standard InChI is InChI=1S/C20H18N4O2S3/c1-12-17(29-19(21-12)15-3-2-10-27-15)18(25)22-13-4-5-14-16(11-13)28-20(23-14)24-6-8-26-9-7-24/h2-5,10-11H,6-9H2,1H3,(H,22,25). The van der Waals surface area contributed by atoms with Crippen molar-refractivity contribution in [1.29, 1.82) is 0 Å². The summed E-state index contributed by atoms with van der Waals surface area (Å²) in [4.78, 5) is 26.1. The number of morpholine rings is 1. The van der Waals surface area contributed by atoms with Crippen LogP contribution in [0.25, 0.3) is 20.1 Å². The van der Waals surface area contributed by atoms with Gasteiger partial charge in [0.1, 0.15) is 9.88 Å². The Balaban J connectivity index is 1.36. The lowest BCUT2D eigenvalue weighted by atomic mass is 10.3. The third-order valence-corrected chi connectivity index (χ3v) is 7.93. The molecule has 0 saturated carbocycles. The second kappa shape index (κ2) is 7.83. The quantitative estimate of drug-likeness (QED) is 0.488. The number of rotatable bonds is 4. The molecule has 1 fully saturated rings. The minimum Gasteiger partial charge on any atom is -0.378 e. The third kappa shape index (κ3) is 3.78. The number of nitrogens with zero attached hydrogens (tertiary/aromatic N) is 3. The first-order valence-electron chi connectivity index (χ1n) is 9.23. The summed E-state index contributed by atoms with van der Waals surface area (Å²) >= 11 is 4.70. The lowest BCUT2D eigenvalue weighted by Crippen LogP contribution is -2.36. The van der Waals surface area contributed by atoms with Gasteiger partial charge in [-0.3, -0.25) is 4.79 Å². The number of hydrogen-bond donors (Lipinski definition) is 1. The van der Waals surface area contributed by atoms with E-state index in [9.17, 15) is 4.79 Å². The van der Waals surface area contributed by atoms with Crippen LogP contribution in [0.1, 0.15) is 15.4 Å². The van der Waals surface area contributed by atoms with E-state index < -0.39 is 0 Å². The number of nitrogens with one attached hydrogen (secondary N) is 1. The molecule has 0 spiro atoms. The average Bonchev–Trinajstić information content (AvgIpc) is 3.47. The van der Waals surface area contributed by atoms with E-state index >= 15 is 0 Å². The Morgan fingerprint density at radius 2 is 2.03 bits per heavy atom. The molecule has 5 rings (SSSR count). The molecule has 1 aliphatic heterocycles. The van der Waals surface area contributed by atoms with Gasteiger partial charge in [0, 0.05) is 18.8 Å². The van der Waals surface area contributed by atoms with Gasteiger partial charge in [0.15, 0.2) is 5.13 Å². The molecule has 0 bridgehead atoms. The fourth-order valence-corrected chi connectivity index (χ4v) is 6.00. The topological polar surface area (TPSA) is 67.4 Å². The highest BCUT2D eigenvalue weighted by Crippen LogP contribution is 2.33. The fraction of sp³-hybridized carbons (Fsp3) is 0.250. The van der Waals surface area contributed by atoms with E-state index in [4.69, 9.17) is 9.72 Å². The molecular weight excluding hydrogens is 424 g/mol. The van der Waals surface area contributed by atoms with E-state index in [0.717, 1.165) is 62.9 Å². The maximum Gasteiger partial charge on any atom is 0.267 e. The van der Waals surface area contributed by atoms with E-state index in [2.05, 4.69) is 15.2 Å². The lowest BCUT2D eigenvalue weighted by Gasteiger charge is -2.25. The van der Waals surface area contributed by atoms with Crippen molar-refractivity contribution in [2.24, 2.45) is 0 Å². The van der Waals surface area contributed by atoms with Crippen LogP contribution in [0.4, 0.5) is 10.8 Å². The van der Waals surface area contributed by atoms with Crippen LogP contribution in [-0.2, 0) is 4.74 Å². The Labute approximate surface area is 179 Å². The fourth-order valence-electron chi connectivity index (χ4n) is 3.18. The number of aryl methyl sites for hydroxylation is 1. The van der Waals surface area contributed by atoms with E-state index in [1.54, 1.807) is 22.7 Å². The van der Waals surface area contributed by atoms with Gasteiger partial charge in [-0.05, 0) is 36.6 Å². The van der Waals surface area contributed by atoms with E-state index in [1.807, 2.05) is 42.6 Å². The minimum absolute atomic E-state index is 0.125. The third-order valence-electron chi connectivity index (χ3n) is 4.65. The van der Waals surface area contributed by atoms with Gasteiger partial charge in [0.2, 0.25) is 0 Å². The van der Waals surface area contributed by atoms with E-state index in [0.29, 0.717) is 4.88 Å². The second-order valence-corrected chi connectivity index (χ2v) is 9.60. The molecular formula is C20H18N4O2S3. The Kier molecular flexibility index (Phi) is 5.04. The summed E-state index contributed by atoms with van der Waals surface area (Å²) < 4.78 is 6.48. The molecule has 0 radical (unpaired) electrons. The van der Waals surface area contributed by atoms with Crippen molar-refractivity contribution in [3.05, 3.63) is 46.3 Å². The number of thiazole rings is 2. The number of carbonyl (C=O) groups is 1. The molecule has 0 atom stereocenters. The summed E-state index contributed by atoms with van der Waals surface area (Å²) in [6, 6.07) is 9.87. The number of ether oxygens (including phenoxy) is 1. The normalized spacial score (nSPS) is 14.4. The molecule has 4 heterocycles. The van der Waals surface area contributed by atoms with Crippen LogP contribution in [0.5, 0.6) is 0 Å². The molecule has 0 unspecified atom stereocenters. The van der Waals surface area contributed by atoms with Gasteiger partial charge < -0.3 is 15.0 Å². The largest absolute Gasteiger partial charge is 0.378 e. The Hall–Kier alpha value is -2.33. The first-order chi connectivity index (χ1) is 14.2. The SMILES string of the molecule is Cc1nc(-c2cccs2)sc1C(=O)Nc1ccc2nc(N3CCOCC3)sc2c1. The number of benzene rings is 1. The molecule has 0 aliphatic carbocycles. The van der Waals surface area contributed by atoms with Gasteiger partial charge >= 0.3 is 0 Å². The predicted octanol–water partition coefficient (Wildman–Crippen LogP) is 4.88. The zero-order chi connectivity index (χ0) is 19.8. The van der Waals surface area contributed by atoms with Gasteiger partial charge in [0.05, 0.1) is 34.0 Å². The predicted molar refractivity (Wildman–Crippen MR) is 121 cm³/mol. The zero-order valence-corrected chi connectivity index (χ0v) is 18.1. The maximum atomic E-state index is 12.8. The zero-order valence-electron chi connectivity index (χ0n) is 15.7. The smallest absolute Gasteiger partial charge is 0.267 e. The Morgan fingerprint density at radius 3 is 2.83 bits per heavy atom. The summed E-state index contributed by atoms with van der Waals surface area (Å²) in [5.74, 6) is -0.125. The average molecular weight is 443 g/mol. The van der Waals surface area contributed by atoms with Gasteiger partial charge in [-0.15, -0.1) is 22.7 Å². The Morgan fingerprint density at radius 1 is 1.17 bits per heavy atom. The summed E-state index contributed by atoms with van der Waals surface area (Å²) in [5, 5.41) is 6.92. The maximum absolute atomic E-state index is 12.8. The van der Waals surface area contributed by atoms with Gasteiger partial charge in [-0.25, -0.2) is 9.97 Å². The highest BCUT2D eigenvalue weighted by atomic mass is 32.1. The van der Waals surface area contributed by atoms with Crippen LogP contribution >= 0.6 is 34.0 Å². The van der Waals surface area contributed by atoms with Crippen LogP contribution in [0.2, 0.25) is 0 Å². The number of amides is 1. The molecule has 1 aromatic carbocycles. The number of fused-ring (bicyclic) bond motifs is 1. The minimum atomic E-state index is -0.125. The highest BCUT2D eigenvalue weighted by Gasteiger charge is 2.18. The number of anilines is 2. The highest BCUT2D eigenvalue weighted by molar-refractivity contribution is 7.22. The molecule has 1 N–H and O–H groups in total. The summed E-state index contributed by atoms with van der Waals surface area (Å²) in [6.45, 7) is 5.07. The van der Waals surface area contributed by atoms with Crippen molar-refractivity contribution in [2.45, 2.75) is 6.92 Å². The summed E-state index contributed by atoms with van der Waals surface area (Å²) in [7, 11) is 0. The summed E-state index contributed by atoms with van der Waals surface area (Å²) in [6.07, 6.45) is 0. The molecule has 4 aromatic rings. The first kappa shape index (κ1) is 18.7. The number of hydrogen-bond acceptors (Lipinski definition) is 8. The summed E-state index contributed by atoms with van der Waals surface area (Å²) in [5.41, 5.74) is 2.47. The lowest BCUT2D eigenvalue weighted by molar-refractivity contribution is 0.103. The van der Waals surface area contributed by atoms with Crippen LogP contribution < -0.4 is 10.2 Å². The Bertz CT molecular complexity index is 1160. The number of thiophene rings is 1. The molecule has 29 heavy (non-hydrogen) atoms. The molecule has 6 nitrogen and oxygen atoms in total. The first-order valence-corrected chi connectivity index (χ1v) is 11.7. The van der Waals surface area contributed by atoms with Crippen molar-refractivity contribution in [1.82, 2.24) is 9.97 Å². The molecule has 148 valence electrons. The van der Waals surface area contributed by atoms with Crippen molar-refractivity contribution >= 4 is 61.0 Å². The van der Waals surface area contributed by atoms with Crippen LogP contribution in [0.3, 0.4) is 0 Å². The molecule has 1 amide bonds. The van der Waals surface area contributed by atoms with Crippen molar-refractivity contribution in [3.63, 3.8) is 0 Å². The van der Waals surface area contributed by atoms with Crippen molar-refractivity contribution in [2.75, 3.05) is 36.5 Å². The number of carbonyl (C=O) groups excluding carboxylic acids is 1. The molecule has 9 heteroatoms. The molecule has 1 aliphatic rings. The van der Waals surface area contributed by atoms with Crippen LogP contribution in [-0.4, -0.2) is 42.2 Å². The van der Waals surface area contributed by atoms with Gasteiger partial charge in [-0.2, -0.15) is 0 Å². The van der Waals surface area contributed by atoms with Crippen molar-refractivity contribution < 1.29 is 9.53 Å². The van der Waals surface area contributed by atoms with Crippen molar-refractivity contribution in [3.8, 4) is 9.88 Å². The van der Waals surface area contributed by atoms with Gasteiger partial charge in [-0.1, -0.05) is 17.4 Å². The van der Waals surface area contributed by atoms with Crippen LogP contribution in [0, 0.1) is 6.92 Å². The monoisotopic (exact) mass is 442 g/mol. The second-order valence-electron chi connectivity index (χ2n) is 6.64. The molecule has 3 aromatic heterocycles. The number of aromatic nitrogens is 2.